The topological polar surface area (TPSA) is 71.0 Å². The van der Waals surface area contributed by atoms with Gasteiger partial charge in [0.25, 0.3) is 0 Å². The van der Waals surface area contributed by atoms with Gasteiger partial charge in [0.15, 0.2) is 0 Å². The Balaban J connectivity index is 1.85. The summed E-state index contributed by atoms with van der Waals surface area (Å²) in [6.45, 7) is 1.13. The molecule has 1 N–H and O–H groups in total. The molecule has 6 heteroatoms. The Labute approximate surface area is 98.5 Å². The normalized spacial score (nSPS) is 19.0. The summed E-state index contributed by atoms with van der Waals surface area (Å²) in [6.07, 6.45) is -0.436. The van der Waals surface area contributed by atoms with Gasteiger partial charge in [-0.15, -0.1) is 4.91 Å². The van der Waals surface area contributed by atoms with E-state index >= 15 is 0 Å². The van der Waals surface area contributed by atoms with Crippen molar-refractivity contribution in [1.82, 2.24) is 4.90 Å². The molecule has 90 valence electrons. The van der Waals surface area contributed by atoms with Crippen LogP contribution in [0.15, 0.2) is 29.4 Å². The van der Waals surface area contributed by atoms with Crippen LogP contribution < -0.4 is 5.32 Å². The van der Waals surface area contributed by atoms with Gasteiger partial charge in [0.2, 0.25) is 0 Å². The summed E-state index contributed by atoms with van der Waals surface area (Å²) in [5.74, 6) is 0. The van der Waals surface area contributed by atoms with Crippen LogP contribution in [0.5, 0.6) is 0 Å². The number of cyclic esters (lactones) is 1. The van der Waals surface area contributed by atoms with Gasteiger partial charge in [-0.25, -0.2) is 4.79 Å². The first kappa shape index (κ1) is 11.4. The van der Waals surface area contributed by atoms with Gasteiger partial charge < -0.3 is 15.0 Å². The molecule has 1 fully saturated rings. The molecule has 1 saturated heterocycles. The van der Waals surface area contributed by atoms with Crippen molar-refractivity contribution in [3.63, 3.8) is 0 Å². The number of hydrogen-bond acceptors (Lipinski definition) is 5. The Kier molecular flexibility index (Phi) is 3.22. The number of benzene rings is 1. The molecule has 1 aromatic carbocycles. The fourth-order valence-electron chi connectivity index (χ4n) is 1.63. The Bertz CT molecular complexity index is 418. The molecule has 0 radical (unpaired) electrons. The van der Waals surface area contributed by atoms with Gasteiger partial charge in [-0.2, -0.15) is 0 Å². The Morgan fingerprint density at radius 3 is 2.71 bits per heavy atom. The lowest BCUT2D eigenvalue weighted by Gasteiger charge is -2.10. The molecule has 1 atom stereocenters. The average molecular weight is 235 g/mol. The van der Waals surface area contributed by atoms with Crippen molar-refractivity contribution >= 4 is 17.5 Å². The van der Waals surface area contributed by atoms with E-state index in [-0.39, 0.29) is 12.2 Å². The molecular weight excluding hydrogens is 222 g/mol. The Morgan fingerprint density at radius 2 is 2.18 bits per heavy atom. The highest BCUT2D eigenvalue weighted by Gasteiger charge is 2.27. The van der Waals surface area contributed by atoms with Crippen LogP contribution in [0.4, 0.5) is 16.2 Å². The van der Waals surface area contributed by atoms with E-state index in [2.05, 4.69) is 10.5 Å². The number of likely N-dealkylation sites (N-methyl/N-ethyl adjacent to an activating group) is 1. The SMILES string of the molecule is CN1C[C@H](CNc2ccc(N=O)cc2)OC1=O. The molecule has 0 spiro atoms. The number of rotatable bonds is 4. The molecule has 0 aromatic heterocycles. The smallest absolute Gasteiger partial charge is 0.410 e. The van der Waals surface area contributed by atoms with E-state index in [1.165, 1.54) is 4.90 Å². The molecule has 17 heavy (non-hydrogen) atoms. The van der Waals surface area contributed by atoms with Gasteiger partial charge in [0, 0.05) is 12.7 Å². The van der Waals surface area contributed by atoms with E-state index in [1.807, 2.05) is 0 Å². The molecule has 6 nitrogen and oxygen atoms in total. The van der Waals surface area contributed by atoms with Crippen LogP contribution in [0.25, 0.3) is 0 Å². The van der Waals surface area contributed by atoms with E-state index in [0.717, 1.165) is 5.69 Å². The Morgan fingerprint density at radius 1 is 1.47 bits per heavy atom. The van der Waals surface area contributed by atoms with Crippen molar-refractivity contribution in [3.8, 4) is 0 Å². The summed E-state index contributed by atoms with van der Waals surface area (Å²) in [4.78, 5) is 22.9. The highest BCUT2D eigenvalue weighted by atomic mass is 16.6. The molecule has 2 rings (SSSR count). The maximum atomic E-state index is 11.1. The largest absolute Gasteiger partial charge is 0.442 e. The van der Waals surface area contributed by atoms with E-state index in [4.69, 9.17) is 4.74 Å². The van der Waals surface area contributed by atoms with Crippen LogP contribution in [0.2, 0.25) is 0 Å². The van der Waals surface area contributed by atoms with Crippen molar-refractivity contribution in [3.05, 3.63) is 29.2 Å². The highest BCUT2D eigenvalue weighted by molar-refractivity contribution is 5.69. The minimum atomic E-state index is -0.294. The minimum Gasteiger partial charge on any atom is -0.442 e. The van der Waals surface area contributed by atoms with Gasteiger partial charge in [0.05, 0.1) is 13.1 Å². The van der Waals surface area contributed by atoms with Gasteiger partial charge >= 0.3 is 6.09 Å². The van der Waals surface area contributed by atoms with Crippen LogP contribution in [-0.4, -0.2) is 37.2 Å². The zero-order chi connectivity index (χ0) is 12.3. The maximum absolute atomic E-state index is 11.1. The molecule has 1 heterocycles. The molecule has 1 aliphatic rings. The summed E-state index contributed by atoms with van der Waals surface area (Å²) in [7, 11) is 1.70. The third kappa shape index (κ3) is 2.72. The average Bonchev–Trinajstić information content (AvgIpc) is 2.67. The van der Waals surface area contributed by atoms with Crippen LogP contribution in [0.3, 0.4) is 0 Å². The first-order valence-corrected chi connectivity index (χ1v) is 5.28. The second-order valence-corrected chi connectivity index (χ2v) is 3.91. The lowest BCUT2D eigenvalue weighted by molar-refractivity contribution is 0.138. The zero-order valence-corrected chi connectivity index (χ0v) is 9.42. The predicted molar refractivity (Wildman–Crippen MR) is 63.3 cm³/mol. The third-order valence-corrected chi connectivity index (χ3v) is 2.56. The van der Waals surface area contributed by atoms with Crippen molar-refractivity contribution in [2.45, 2.75) is 6.10 Å². The predicted octanol–water partition coefficient (Wildman–Crippen LogP) is 1.95. The molecular formula is C11H13N3O3. The van der Waals surface area contributed by atoms with Crippen LogP contribution in [0, 0.1) is 4.91 Å². The fourth-order valence-corrected chi connectivity index (χ4v) is 1.63. The highest BCUT2D eigenvalue weighted by Crippen LogP contribution is 2.16. The van der Waals surface area contributed by atoms with Crippen molar-refractivity contribution < 1.29 is 9.53 Å². The summed E-state index contributed by atoms with van der Waals surface area (Å²) in [5.41, 5.74) is 1.26. The van der Waals surface area contributed by atoms with Crippen molar-refractivity contribution in [2.75, 3.05) is 25.5 Å². The number of nitrogens with zero attached hydrogens (tertiary/aromatic N) is 2. The number of nitrogens with one attached hydrogen (secondary N) is 1. The van der Waals surface area contributed by atoms with Gasteiger partial charge in [-0.05, 0) is 29.4 Å². The van der Waals surface area contributed by atoms with Crippen LogP contribution in [0.1, 0.15) is 0 Å². The number of carbonyl (C=O) groups excluding carboxylic acids is 1. The summed E-state index contributed by atoms with van der Waals surface area (Å²) >= 11 is 0. The molecule has 0 unspecified atom stereocenters. The van der Waals surface area contributed by atoms with Crippen molar-refractivity contribution in [2.24, 2.45) is 5.18 Å². The number of amides is 1. The number of hydrogen-bond donors (Lipinski definition) is 1. The lowest BCUT2D eigenvalue weighted by atomic mass is 10.2. The first-order valence-electron chi connectivity index (χ1n) is 5.28. The van der Waals surface area contributed by atoms with Crippen molar-refractivity contribution in [1.29, 1.82) is 0 Å². The number of carbonyl (C=O) groups is 1. The van der Waals surface area contributed by atoms with E-state index in [9.17, 15) is 9.70 Å². The zero-order valence-electron chi connectivity index (χ0n) is 9.42. The van der Waals surface area contributed by atoms with Gasteiger partial charge in [-0.1, -0.05) is 0 Å². The first-order chi connectivity index (χ1) is 8.19. The summed E-state index contributed by atoms with van der Waals surface area (Å²) in [5, 5.41) is 5.95. The maximum Gasteiger partial charge on any atom is 0.410 e. The van der Waals surface area contributed by atoms with E-state index < -0.39 is 0 Å². The Hall–Kier alpha value is -2.11. The third-order valence-electron chi connectivity index (χ3n) is 2.56. The molecule has 0 aliphatic carbocycles. The molecule has 1 aromatic rings. The van der Waals surface area contributed by atoms with Gasteiger partial charge in [0.1, 0.15) is 11.8 Å². The van der Waals surface area contributed by atoms with E-state index in [1.54, 1.807) is 31.3 Å². The van der Waals surface area contributed by atoms with Gasteiger partial charge in [-0.3, -0.25) is 0 Å². The number of ether oxygens (including phenoxy) is 1. The monoisotopic (exact) mass is 235 g/mol. The quantitative estimate of drug-likeness (QED) is 0.809. The van der Waals surface area contributed by atoms with Crippen LogP contribution >= 0.6 is 0 Å². The molecule has 0 bridgehead atoms. The summed E-state index contributed by atoms with van der Waals surface area (Å²) in [6, 6.07) is 6.78. The van der Waals surface area contributed by atoms with E-state index in [0.29, 0.717) is 18.8 Å². The molecule has 1 amide bonds. The standard InChI is InChI=1S/C11H13N3O3/c1-14-7-10(17-11(14)15)6-12-8-2-4-9(13-16)5-3-8/h2-5,10,12H,6-7H2,1H3/t10-/m0/s1. The number of nitroso groups, excluding NO2 is 1. The fraction of sp³-hybridized carbons (Fsp3) is 0.364. The second kappa shape index (κ2) is 4.82. The van der Waals surface area contributed by atoms with Crippen LogP contribution in [-0.2, 0) is 4.74 Å². The molecule has 1 aliphatic heterocycles. The second-order valence-electron chi connectivity index (χ2n) is 3.91. The number of anilines is 1. The lowest BCUT2D eigenvalue weighted by Crippen LogP contribution is -2.24. The minimum absolute atomic E-state index is 0.142. The molecule has 0 saturated carbocycles. The summed E-state index contributed by atoms with van der Waals surface area (Å²) < 4.78 is 5.10.